The summed E-state index contributed by atoms with van der Waals surface area (Å²) < 4.78 is 22.6. The maximum absolute atomic E-state index is 15.8. The van der Waals surface area contributed by atoms with Crippen LogP contribution < -0.4 is 16.0 Å². The van der Waals surface area contributed by atoms with E-state index in [4.69, 9.17) is 4.74 Å². The number of nitrogens with one attached hydrogen (secondary N) is 3. The molecule has 0 radical (unpaired) electrons. The Labute approximate surface area is 281 Å². The van der Waals surface area contributed by atoms with E-state index < -0.39 is 41.7 Å². The first-order valence-corrected chi connectivity index (χ1v) is 17.3. The summed E-state index contributed by atoms with van der Waals surface area (Å²) in [5.41, 5.74) is 0.858. The topological polar surface area (TPSA) is 138 Å². The fraction of sp³-hybridized carbons (Fsp3) is 0.629. The van der Waals surface area contributed by atoms with Gasteiger partial charge in [0, 0.05) is 50.9 Å². The van der Waals surface area contributed by atoms with Crippen LogP contribution in [-0.2, 0) is 25.7 Å². The quantitative estimate of drug-likeness (QED) is 0.282. The van der Waals surface area contributed by atoms with Crippen molar-refractivity contribution < 1.29 is 28.3 Å². The Kier molecular flexibility index (Phi) is 9.89. The number of carbonyl (C=O) groups excluding carboxylic acids is 4. The second-order valence-electron chi connectivity index (χ2n) is 14.1. The van der Waals surface area contributed by atoms with Crippen LogP contribution >= 0.6 is 0 Å². The predicted octanol–water partition coefficient (Wildman–Crippen LogP) is 2.75. The summed E-state index contributed by atoms with van der Waals surface area (Å²) in [7, 11) is 3.48. The molecule has 2 aromatic rings. The lowest BCUT2D eigenvalue weighted by molar-refractivity contribution is -0.141. The van der Waals surface area contributed by atoms with Crippen molar-refractivity contribution in [1.82, 2.24) is 30.2 Å². The maximum Gasteiger partial charge on any atom is 0.270 e. The smallest absolute Gasteiger partial charge is 0.270 e. The zero-order valence-electron chi connectivity index (χ0n) is 28.4. The zero-order chi connectivity index (χ0) is 34.3. The Morgan fingerprint density at radius 2 is 1.69 bits per heavy atom. The Hall–Kier alpha value is -3.84. The number of hydrogen-bond acceptors (Lipinski definition) is 7. The molecule has 3 N–H and O–H groups in total. The van der Waals surface area contributed by atoms with Crippen LogP contribution in [0.25, 0.3) is 0 Å². The molecule has 1 aromatic heterocycles. The van der Waals surface area contributed by atoms with E-state index in [-0.39, 0.29) is 35.5 Å². The molecule has 0 spiro atoms. The van der Waals surface area contributed by atoms with Gasteiger partial charge in [0.15, 0.2) is 0 Å². The van der Waals surface area contributed by atoms with Crippen molar-refractivity contribution in [3.63, 3.8) is 0 Å². The number of piperazine rings is 1. The number of anilines is 1. The largest absolute Gasteiger partial charge is 0.372 e. The minimum absolute atomic E-state index is 0.0149. The van der Waals surface area contributed by atoms with E-state index in [0.717, 1.165) is 38.6 Å². The van der Waals surface area contributed by atoms with Gasteiger partial charge >= 0.3 is 0 Å². The van der Waals surface area contributed by atoms with E-state index in [2.05, 4.69) is 25.9 Å². The first-order valence-electron chi connectivity index (χ1n) is 17.3. The number of likely N-dealkylation sites (N-methyl/N-ethyl adjacent to an activating group) is 1. The molecule has 2 aliphatic heterocycles. The number of aryl methyl sites for hydroxylation is 1. The van der Waals surface area contributed by atoms with E-state index in [1.165, 1.54) is 19.2 Å². The van der Waals surface area contributed by atoms with E-state index in [1.54, 1.807) is 36.9 Å². The second kappa shape index (κ2) is 13.9. The number of amides is 4. The molecule has 12 nitrogen and oxygen atoms in total. The Morgan fingerprint density at radius 3 is 2.25 bits per heavy atom. The highest BCUT2D eigenvalue weighted by Crippen LogP contribution is 2.51. The van der Waals surface area contributed by atoms with Crippen LogP contribution in [0.15, 0.2) is 30.5 Å². The van der Waals surface area contributed by atoms with Gasteiger partial charge in [0.05, 0.1) is 5.69 Å². The minimum atomic E-state index is -0.936. The molecule has 13 heteroatoms. The average Bonchev–Trinajstić information content (AvgIpc) is 3.98. The van der Waals surface area contributed by atoms with Crippen LogP contribution in [0.5, 0.6) is 0 Å². The van der Waals surface area contributed by atoms with E-state index in [0.29, 0.717) is 36.2 Å². The van der Waals surface area contributed by atoms with Crippen molar-refractivity contribution in [3.05, 3.63) is 47.5 Å². The number of benzene rings is 1. The monoisotopic (exact) mass is 665 g/mol. The Bertz CT molecular complexity index is 1530. The van der Waals surface area contributed by atoms with Crippen LogP contribution in [0.3, 0.4) is 0 Å². The van der Waals surface area contributed by atoms with Gasteiger partial charge in [-0.2, -0.15) is 5.10 Å². The van der Waals surface area contributed by atoms with Crippen LogP contribution in [-0.4, -0.2) is 101 Å². The Morgan fingerprint density at radius 1 is 0.979 bits per heavy atom. The van der Waals surface area contributed by atoms with Crippen LogP contribution in [0, 0.1) is 23.6 Å². The molecular weight excluding hydrogens is 617 g/mol. The van der Waals surface area contributed by atoms with Crippen molar-refractivity contribution >= 4 is 29.3 Å². The van der Waals surface area contributed by atoms with Gasteiger partial charge in [0.1, 0.15) is 29.7 Å². The molecule has 6 atom stereocenters. The summed E-state index contributed by atoms with van der Waals surface area (Å²) in [5, 5.41) is 12.8. The van der Waals surface area contributed by atoms with Gasteiger partial charge in [-0.1, -0.05) is 13.0 Å². The first kappa shape index (κ1) is 34.0. The van der Waals surface area contributed by atoms with Crippen molar-refractivity contribution in [2.45, 2.75) is 95.6 Å². The van der Waals surface area contributed by atoms with Gasteiger partial charge < -0.3 is 25.6 Å². The molecule has 2 saturated carbocycles. The molecule has 2 aliphatic carbocycles. The lowest BCUT2D eigenvalue weighted by Gasteiger charge is -2.36. The van der Waals surface area contributed by atoms with Crippen LogP contribution in [0.2, 0.25) is 0 Å². The van der Waals surface area contributed by atoms with Gasteiger partial charge in [-0.25, -0.2) is 4.39 Å². The molecule has 48 heavy (non-hydrogen) atoms. The highest BCUT2D eigenvalue weighted by Gasteiger charge is 2.49. The summed E-state index contributed by atoms with van der Waals surface area (Å²) in [6.45, 7) is 7.15. The van der Waals surface area contributed by atoms with Crippen molar-refractivity contribution in [2.24, 2.45) is 17.8 Å². The molecule has 4 amide bonds. The third-order valence-corrected chi connectivity index (χ3v) is 10.9. The molecule has 6 rings (SSSR count). The molecule has 2 saturated heterocycles. The normalized spacial score (nSPS) is 23.1. The lowest BCUT2D eigenvalue weighted by atomic mass is 9.88. The highest BCUT2D eigenvalue weighted by atomic mass is 19.1. The maximum atomic E-state index is 15.8. The van der Waals surface area contributed by atoms with Crippen LogP contribution in [0.4, 0.5) is 10.1 Å². The lowest BCUT2D eigenvalue weighted by Crippen LogP contribution is -2.57. The molecule has 3 heterocycles. The van der Waals surface area contributed by atoms with Crippen molar-refractivity contribution in [1.29, 1.82) is 0 Å². The summed E-state index contributed by atoms with van der Waals surface area (Å²) in [5.74, 6) is -2.06. The first-order chi connectivity index (χ1) is 23.0. The van der Waals surface area contributed by atoms with Crippen molar-refractivity contribution in [3.8, 4) is 0 Å². The average molecular weight is 666 g/mol. The number of halogens is 1. The van der Waals surface area contributed by atoms with E-state index in [1.807, 2.05) is 18.9 Å². The number of methoxy groups -OCH3 is 1. The molecule has 4 aliphatic rings. The summed E-state index contributed by atoms with van der Waals surface area (Å²) in [6, 6.07) is 4.68. The van der Waals surface area contributed by atoms with E-state index in [9.17, 15) is 19.2 Å². The highest BCUT2D eigenvalue weighted by molar-refractivity contribution is 6.01. The van der Waals surface area contributed by atoms with Gasteiger partial charge in [-0.05, 0) is 94.5 Å². The van der Waals surface area contributed by atoms with Crippen LogP contribution in [0.1, 0.15) is 74.8 Å². The van der Waals surface area contributed by atoms with Gasteiger partial charge in [0.2, 0.25) is 17.7 Å². The van der Waals surface area contributed by atoms with E-state index >= 15 is 4.39 Å². The van der Waals surface area contributed by atoms with Gasteiger partial charge in [0.25, 0.3) is 5.91 Å². The number of ether oxygens (including phenoxy) is 1. The van der Waals surface area contributed by atoms with Crippen molar-refractivity contribution in [2.75, 3.05) is 32.6 Å². The third kappa shape index (κ3) is 6.98. The molecule has 1 aromatic carbocycles. The molecular formula is C35H48FN7O5. The van der Waals surface area contributed by atoms with Gasteiger partial charge in [-0.3, -0.25) is 28.8 Å². The number of nitrogens with zero attached hydrogens (tertiary/aromatic N) is 4. The van der Waals surface area contributed by atoms with Gasteiger partial charge in [-0.15, -0.1) is 0 Å². The zero-order valence-corrected chi connectivity index (χ0v) is 28.4. The number of rotatable bonds is 14. The molecule has 0 unspecified atom stereocenters. The molecule has 2 bridgehead atoms. The minimum Gasteiger partial charge on any atom is -0.372 e. The predicted molar refractivity (Wildman–Crippen MR) is 176 cm³/mol. The standard InChI is InChI=1S/C35H48FN7O5/c1-6-43-28(13-14-37-43)33(45)40-31(29(21-7-8-21)22-9-10-22)34(46)38-27-12-11-23(15-26(27)36)19(2)30(39-32(44)20(3)48-5)35(47)42-18-24-16-25(42)17-41(24)4/h11-15,19-22,24-25,29-31H,6-10,16-18H2,1-5H3,(H,38,46)(H,39,44)(H,40,45)/t19-,20-,24+,25+,30+,31-/m0/s1. The fourth-order valence-electron chi connectivity index (χ4n) is 7.63. The number of carbonyl (C=O) groups is 4. The number of aromatic nitrogens is 2. The SMILES string of the molecule is CCn1nccc1C(=O)N[C@H](C(=O)Nc1ccc([C@H](C)[C@@H](NC(=O)[C@H](C)OC)C(=O)N2C[C@H]3C[C@@H]2CN3C)cc1F)C(C1CC1)C1CC1. The molecule has 4 fully saturated rings. The number of fused-ring (bicyclic) bond motifs is 2. The summed E-state index contributed by atoms with van der Waals surface area (Å²) in [6.07, 6.45) is 5.69. The fourth-order valence-corrected chi connectivity index (χ4v) is 7.63. The molecule has 260 valence electrons. The number of likely N-dealkylation sites (tertiary alicyclic amines) is 2. The summed E-state index contributed by atoms with van der Waals surface area (Å²) in [4.78, 5) is 58.2. The summed E-state index contributed by atoms with van der Waals surface area (Å²) >= 11 is 0. The number of hydrogen-bond donors (Lipinski definition) is 3. The third-order valence-electron chi connectivity index (χ3n) is 10.9. The second-order valence-corrected chi connectivity index (χ2v) is 14.1. The Balaban J connectivity index is 1.20.